The molecule has 0 radical (unpaired) electrons. The van der Waals surface area contributed by atoms with E-state index in [0.29, 0.717) is 5.82 Å². The molecule has 0 aliphatic carbocycles. The van der Waals surface area contributed by atoms with Gasteiger partial charge in [-0.05, 0) is 30.3 Å². The van der Waals surface area contributed by atoms with Crippen molar-refractivity contribution in [2.45, 2.75) is 23.3 Å². The zero-order chi connectivity index (χ0) is 13.3. The van der Waals surface area contributed by atoms with E-state index in [1.807, 2.05) is 0 Å². The summed E-state index contributed by atoms with van der Waals surface area (Å²) in [4.78, 5) is 10.7. The van der Waals surface area contributed by atoms with Gasteiger partial charge in [-0.3, -0.25) is 5.10 Å². The number of aromatic amines is 1. The smallest absolute Gasteiger partial charge is 0.262 e. The summed E-state index contributed by atoms with van der Waals surface area (Å²) in [6.45, 7) is 1.67. The Morgan fingerprint density at radius 3 is 2.56 bits per heavy atom. The van der Waals surface area contributed by atoms with Crippen LogP contribution >= 0.6 is 23.4 Å². The van der Waals surface area contributed by atoms with Crippen LogP contribution in [-0.4, -0.2) is 25.1 Å². The zero-order valence-corrected chi connectivity index (χ0v) is 10.4. The van der Waals surface area contributed by atoms with Crippen LogP contribution in [0, 0.1) is 6.92 Å². The second-order valence-corrected chi connectivity index (χ2v) is 4.49. The van der Waals surface area contributed by atoms with Gasteiger partial charge in [-0.15, -0.1) is 5.10 Å². The third-order valence-electron chi connectivity index (χ3n) is 1.74. The van der Waals surface area contributed by atoms with Gasteiger partial charge in [-0.1, -0.05) is 0 Å². The Morgan fingerprint density at radius 2 is 2.00 bits per heavy atom. The maximum atomic E-state index is 12.5. The summed E-state index contributed by atoms with van der Waals surface area (Å²) in [7, 11) is 0. The van der Waals surface area contributed by atoms with Crippen molar-refractivity contribution in [1.82, 2.24) is 25.1 Å². The van der Waals surface area contributed by atoms with E-state index in [4.69, 9.17) is 11.6 Å². The number of alkyl halides is 3. The fraction of sp³-hybridized carbons (Fsp3) is 0.250. The molecule has 0 spiro atoms. The number of nitrogens with zero attached hydrogens (tertiary/aromatic N) is 4. The highest BCUT2D eigenvalue weighted by atomic mass is 35.5. The summed E-state index contributed by atoms with van der Waals surface area (Å²) in [5, 5.41) is 6.16. The maximum Gasteiger partial charge on any atom is 0.433 e. The van der Waals surface area contributed by atoms with Crippen molar-refractivity contribution in [2.75, 3.05) is 0 Å². The lowest BCUT2D eigenvalue weighted by atomic mass is 10.4. The molecule has 0 aromatic carbocycles. The lowest BCUT2D eigenvalue weighted by molar-refractivity contribution is -0.141. The monoisotopic (exact) mass is 295 g/mol. The molecular weight excluding hydrogens is 291 g/mol. The van der Waals surface area contributed by atoms with Crippen molar-refractivity contribution in [3.8, 4) is 0 Å². The van der Waals surface area contributed by atoms with Gasteiger partial charge in [0.15, 0.2) is 5.69 Å². The van der Waals surface area contributed by atoms with Gasteiger partial charge < -0.3 is 0 Å². The highest BCUT2D eigenvalue weighted by Gasteiger charge is 2.33. The van der Waals surface area contributed by atoms with Crippen molar-refractivity contribution >= 4 is 23.4 Å². The van der Waals surface area contributed by atoms with Crippen LogP contribution in [0.15, 0.2) is 16.2 Å². The van der Waals surface area contributed by atoms with Gasteiger partial charge in [0.05, 0.1) is 0 Å². The average molecular weight is 296 g/mol. The molecule has 1 N–H and O–H groups in total. The van der Waals surface area contributed by atoms with Crippen LogP contribution in [0.2, 0.25) is 5.28 Å². The number of aryl methyl sites for hydroxylation is 1. The second kappa shape index (κ2) is 4.73. The standard InChI is InChI=1S/C8H5ClF3N5S/c1-3-13-7(17-16-3)18-5-2-4(8(10,11)12)14-6(9)15-5/h2H,1H3,(H,13,16,17). The Labute approximate surface area is 108 Å². The zero-order valence-electron chi connectivity index (χ0n) is 8.79. The van der Waals surface area contributed by atoms with Crippen molar-refractivity contribution in [3.63, 3.8) is 0 Å². The normalized spacial score (nSPS) is 11.8. The minimum Gasteiger partial charge on any atom is -0.262 e. The highest BCUT2D eigenvalue weighted by Crippen LogP contribution is 2.32. The number of aromatic nitrogens is 5. The summed E-state index contributed by atoms with van der Waals surface area (Å²) in [6.07, 6.45) is -4.57. The molecule has 5 nitrogen and oxygen atoms in total. The molecule has 2 aromatic heterocycles. The van der Waals surface area contributed by atoms with Gasteiger partial charge >= 0.3 is 6.18 Å². The number of hydrogen-bond donors (Lipinski definition) is 1. The van der Waals surface area contributed by atoms with Gasteiger partial charge in [0.25, 0.3) is 0 Å². The molecular formula is C8H5ClF3N5S. The lowest BCUT2D eigenvalue weighted by Crippen LogP contribution is -2.09. The fourth-order valence-corrected chi connectivity index (χ4v) is 2.05. The average Bonchev–Trinajstić information content (AvgIpc) is 2.61. The van der Waals surface area contributed by atoms with Gasteiger partial charge in [0.1, 0.15) is 10.9 Å². The molecule has 2 heterocycles. The number of halogens is 4. The quantitative estimate of drug-likeness (QED) is 0.681. The predicted molar refractivity (Wildman–Crippen MR) is 57.3 cm³/mol. The molecule has 0 saturated heterocycles. The van der Waals surface area contributed by atoms with Crippen molar-refractivity contribution < 1.29 is 13.2 Å². The molecule has 0 unspecified atom stereocenters. The molecule has 0 atom stereocenters. The first-order chi connectivity index (χ1) is 8.34. The van der Waals surface area contributed by atoms with Crippen LogP contribution in [0.3, 0.4) is 0 Å². The summed E-state index contributed by atoms with van der Waals surface area (Å²) in [5.41, 5.74) is -1.10. The Bertz CT molecular complexity index is 570. The van der Waals surface area contributed by atoms with Crippen LogP contribution in [0.25, 0.3) is 0 Å². The maximum absolute atomic E-state index is 12.5. The second-order valence-electron chi connectivity index (χ2n) is 3.16. The van der Waals surface area contributed by atoms with Crippen LogP contribution in [0.5, 0.6) is 0 Å². The fourth-order valence-electron chi connectivity index (χ4n) is 1.06. The Kier molecular flexibility index (Phi) is 3.44. The molecule has 96 valence electrons. The first kappa shape index (κ1) is 13.1. The SMILES string of the molecule is Cc1nc(Sc2cc(C(F)(F)F)nc(Cl)n2)n[nH]1. The summed E-state index contributed by atoms with van der Waals surface area (Å²) < 4.78 is 37.5. The van der Waals surface area contributed by atoms with E-state index in [1.54, 1.807) is 6.92 Å². The van der Waals surface area contributed by atoms with Crippen LogP contribution in [0.4, 0.5) is 13.2 Å². The van der Waals surface area contributed by atoms with E-state index in [1.165, 1.54) is 0 Å². The third-order valence-corrected chi connectivity index (χ3v) is 2.69. The van der Waals surface area contributed by atoms with E-state index in [-0.39, 0.29) is 10.2 Å². The third kappa shape index (κ3) is 3.10. The summed E-state index contributed by atoms with van der Waals surface area (Å²) in [5.74, 6) is 0.550. The van der Waals surface area contributed by atoms with Crippen molar-refractivity contribution in [1.29, 1.82) is 0 Å². The molecule has 0 saturated carbocycles. The Morgan fingerprint density at radius 1 is 1.28 bits per heavy atom. The Hall–Kier alpha value is -1.35. The molecule has 0 fully saturated rings. The number of nitrogens with one attached hydrogen (secondary N) is 1. The van der Waals surface area contributed by atoms with E-state index in [0.717, 1.165) is 17.8 Å². The van der Waals surface area contributed by atoms with Crippen molar-refractivity contribution in [2.24, 2.45) is 0 Å². The van der Waals surface area contributed by atoms with Crippen molar-refractivity contribution in [3.05, 3.63) is 22.9 Å². The summed E-state index contributed by atoms with van der Waals surface area (Å²) >= 11 is 6.31. The minimum atomic E-state index is -4.57. The number of hydrogen-bond acceptors (Lipinski definition) is 5. The minimum absolute atomic E-state index is 0.0290. The van der Waals surface area contributed by atoms with E-state index in [2.05, 4.69) is 25.1 Å². The van der Waals surface area contributed by atoms with Gasteiger partial charge in [0.2, 0.25) is 10.4 Å². The number of rotatable bonds is 2. The van der Waals surface area contributed by atoms with E-state index < -0.39 is 17.2 Å². The topological polar surface area (TPSA) is 67.3 Å². The molecule has 0 aliphatic rings. The van der Waals surface area contributed by atoms with E-state index >= 15 is 0 Å². The molecule has 2 aromatic rings. The van der Waals surface area contributed by atoms with Gasteiger partial charge in [-0.2, -0.15) is 13.2 Å². The van der Waals surface area contributed by atoms with Gasteiger partial charge in [-0.25, -0.2) is 15.0 Å². The van der Waals surface area contributed by atoms with Gasteiger partial charge in [0, 0.05) is 6.07 Å². The summed E-state index contributed by atoms with van der Waals surface area (Å²) in [6, 6.07) is 0.794. The molecule has 0 bridgehead atoms. The molecule has 0 amide bonds. The first-order valence-corrected chi connectivity index (χ1v) is 5.72. The molecule has 10 heteroatoms. The Balaban J connectivity index is 2.31. The van der Waals surface area contributed by atoms with Crippen LogP contribution < -0.4 is 0 Å². The molecule has 0 aliphatic heterocycles. The molecule has 2 rings (SSSR count). The molecule has 18 heavy (non-hydrogen) atoms. The lowest BCUT2D eigenvalue weighted by Gasteiger charge is -2.06. The predicted octanol–water partition coefficient (Wildman–Crippen LogP) is 2.73. The van der Waals surface area contributed by atoms with E-state index in [9.17, 15) is 13.2 Å². The largest absolute Gasteiger partial charge is 0.433 e. The van der Waals surface area contributed by atoms with Crippen LogP contribution in [0.1, 0.15) is 11.5 Å². The number of H-pyrrole nitrogens is 1. The van der Waals surface area contributed by atoms with Crippen LogP contribution in [-0.2, 0) is 6.18 Å². The highest BCUT2D eigenvalue weighted by molar-refractivity contribution is 7.99. The first-order valence-electron chi connectivity index (χ1n) is 4.53.